The second-order valence-corrected chi connectivity index (χ2v) is 12.2. The zero-order valence-corrected chi connectivity index (χ0v) is 24.9. The summed E-state index contributed by atoms with van der Waals surface area (Å²) in [5.74, 6) is -0.188. The van der Waals surface area contributed by atoms with Crippen molar-refractivity contribution < 1.29 is 32.9 Å². The standard InChI is InChI=1S/C25H44N5O7P/c1-11-30(23-20(8)22(26)27-14-28-23)13-19(7)34-15-38(33,29-25(9,10)24(32)36-17(4)5)37-18(6)12-21(31)35-16(2)3/h11,14,16-19H,1,12-13,15H2,2-10H3,(H,29,33)(H2,26,27,28)/t18-,19+,38?/m0/s1. The Hall–Kier alpha value is -2.53. The van der Waals surface area contributed by atoms with E-state index in [0.717, 1.165) is 0 Å². The van der Waals surface area contributed by atoms with Gasteiger partial charge in [0.25, 0.3) is 7.52 Å². The summed E-state index contributed by atoms with van der Waals surface area (Å²) in [5.41, 5.74) is 5.22. The summed E-state index contributed by atoms with van der Waals surface area (Å²) in [4.78, 5) is 34.8. The van der Waals surface area contributed by atoms with Crippen LogP contribution in [0.5, 0.6) is 0 Å². The van der Waals surface area contributed by atoms with E-state index in [4.69, 9.17) is 24.5 Å². The Kier molecular flexibility index (Phi) is 12.8. The van der Waals surface area contributed by atoms with E-state index in [1.807, 2.05) is 0 Å². The van der Waals surface area contributed by atoms with E-state index >= 15 is 0 Å². The molecule has 0 saturated carbocycles. The Morgan fingerprint density at radius 3 is 2.29 bits per heavy atom. The van der Waals surface area contributed by atoms with Crippen molar-refractivity contribution >= 4 is 31.1 Å². The van der Waals surface area contributed by atoms with Gasteiger partial charge < -0.3 is 29.4 Å². The van der Waals surface area contributed by atoms with Crippen LogP contribution in [0.15, 0.2) is 19.1 Å². The maximum Gasteiger partial charge on any atom is 0.326 e. The maximum absolute atomic E-state index is 14.0. The van der Waals surface area contributed by atoms with E-state index in [2.05, 4.69) is 21.6 Å². The number of anilines is 2. The monoisotopic (exact) mass is 557 g/mol. The van der Waals surface area contributed by atoms with E-state index in [9.17, 15) is 14.2 Å². The van der Waals surface area contributed by atoms with Gasteiger partial charge in [0.2, 0.25) is 0 Å². The number of esters is 2. The number of nitrogens with one attached hydrogen (secondary N) is 1. The van der Waals surface area contributed by atoms with Gasteiger partial charge in [-0.05, 0) is 68.5 Å². The molecule has 1 aromatic heterocycles. The summed E-state index contributed by atoms with van der Waals surface area (Å²) in [6, 6.07) is 0. The molecule has 13 heteroatoms. The first kappa shape index (κ1) is 33.5. The Bertz CT molecular complexity index is 1000. The summed E-state index contributed by atoms with van der Waals surface area (Å²) >= 11 is 0. The fourth-order valence-corrected chi connectivity index (χ4v) is 5.57. The molecule has 0 aliphatic rings. The third-order valence-corrected chi connectivity index (χ3v) is 7.14. The van der Waals surface area contributed by atoms with Crippen LogP contribution in [-0.4, -0.2) is 64.8 Å². The highest BCUT2D eigenvalue weighted by Gasteiger charge is 2.40. The van der Waals surface area contributed by atoms with Crippen molar-refractivity contribution in [2.45, 2.75) is 98.7 Å². The van der Waals surface area contributed by atoms with Crippen LogP contribution in [-0.2, 0) is 32.9 Å². The molecular formula is C25H44N5O7P. The maximum atomic E-state index is 14.0. The van der Waals surface area contributed by atoms with Gasteiger partial charge in [0, 0.05) is 12.1 Å². The van der Waals surface area contributed by atoms with Crippen LogP contribution in [0.25, 0.3) is 0 Å². The summed E-state index contributed by atoms with van der Waals surface area (Å²) in [7, 11) is -3.85. The number of aromatic nitrogens is 2. The summed E-state index contributed by atoms with van der Waals surface area (Å²) in [6.07, 6.45) is 0.498. The van der Waals surface area contributed by atoms with Crippen LogP contribution in [0.3, 0.4) is 0 Å². The van der Waals surface area contributed by atoms with Crippen LogP contribution >= 0.6 is 7.52 Å². The molecule has 38 heavy (non-hydrogen) atoms. The lowest BCUT2D eigenvalue weighted by atomic mass is 10.1. The van der Waals surface area contributed by atoms with Gasteiger partial charge in [-0.2, -0.15) is 0 Å². The average Bonchev–Trinajstić information content (AvgIpc) is 2.76. The van der Waals surface area contributed by atoms with Gasteiger partial charge in [0.15, 0.2) is 0 Å². The van der Waals surface area contributed by atoms with Crippen LogP contribution in [0.4, 0.5) is 11.6 Å². The van der Waals surface area contributed by atoms with Crippen molar-refractivity contribution in [3.05, 3.63) is 24.7 Å². The SMILES string of the molecule is C=CN(C[C@@H](C)OCP(=O)(NC(C)(C)C(=O)OC(C)C)O[C@@H](C)CC(=O)OC(C)C)c1ncnc(N)c1C. The molecule has 0 saturated heterocycles. The lowest BCUT2D eigenvalue weighted by Crippen LogP contribution is -2.48. The topological polar surface area (TPSA) is 155 Å². The molecule has 1 unspecified atom stereocenters. The average molecular weight is 558 g/mol. The molecule has 0 bridgehead atoms. The smallest absolute Gasteiger partial charge is 0.326 e. The molecule has 3 N–H and O–H groups in total. The van der Waals surface area contributed by atoms with Gasteiger partial charge in [0.1, 0.15) is 29.8 Å². The second kappa shape index (κ2) is 14.6. The molecule has 0 fully saturated rings. The van der Waals surface area contributed by atoms with E-state index < -0.39 is 37.2 Å². The summed E-state index contributed by atoms with van der Waals surface area (Å²) < 4.78 is 36.2. The molecule has 1 aromatic rings. The zero-order valence-electron chi connectivity index (χ0n) is 24.0. The van der Waals surface area contributed by atoms with E-state index in [-0.39, 0.29) is 25.0 Å². The Labute approximate surface area is 226 Å². The largest absolute Gasteiger partial charge is 0.463 e. The van der Waals surface area contributed by atoms with Crippen molar-refractivity contribution in [3.8, 4) is 0 Å². The highest BCUT2D eigenvalue weighted by molar-refractivity contribution is 7.56. The highest BCUT2D eigenvalue weighted by atomic mass is 31.2. The Balaban J connectivity index is 3.05. The first-order valence-corrected chi connectivity index (χ1v) is 14.4. The Morgan fingerprint density at radius 2 is 1.74 bits per heavy atom. The lowest BCUT2D eigenvalue weighted by Gasteiger charge is -2.32. The van der Waals surface area contributed by atoms with E-state index in [0.29, 0.717) is 23.7 Å². The van der Waals surface area contributed by atoms with Crippen molar-refractivity contribution in [1.29, 1.82) is 0 Å². The van der Waals surface area contributed by atoms with Gasteiger partial charge in [0.05, 0.1) is 30.8 Å². The fraction of sp³-hybridized carbons (Fsp3) is 0.680. The third kappa shape index (κ3) is 11.1. The zero-order chi connectivity index (χ0) is 29.3. The second-order valence-electron chi connectivity index (χ2n) is 10.2. The first-order chi connectivity index (χ1) is 17.5. The van der Waals surface area contributed by atoms with Gasteiger partial charge in [-0.25, -0.2) is 15.1 Å². The number of ether oxygens (including phenoxy) is 3. The molecule has 0 aliphatic heterocycles. The number of rotatable bonds is 16. The molecule has 0 spiro atoms. The molecule has 3 atom stereocenters. The normalized spacial score (nSPS) is 15.0. The number of carbonyl (C=O) groups excluding carboxylic acids is 2. The molecule has 0 amide bonds. The van der Waals surface area contributed by atoms with E-state index in [1.54, 1.807) is 59.6 Å². The van der Waals surface area contributed by atoms with Crippen LogP contribution < -0.4 is 15.7 Å². The minimum atomic E-state index is -3.85. The quantitative estimate of drug-likeness (QED) is 0.223. The molecule has 0 aliphatic carbocycles. The number of hydrogen-bond donors (Lipinski definition) is 2. The number of carbonyl (C=O) groups is 2. The lowest BCUT2D eigenvalue weighted by molar-refractivity contribution is -0.154. The Morgan fingerprint density at radius 1 is 1.13 bits per heavy atom. The first-order valence-electron chi connectivity index (χ1n) is 12.5. The van der Waals surface area contributed by atoms with Gasteiger partial charge in [-0.15, -0.1) is 0 Å². The molecule has 12 nitrogen and oxygen atoms in total. The molecule has 216 valence electrons. The van der Waals surface area contributed by atoms with E-state index in [1.165, 1.54) is 20.2 Å². The number of hydrogen-bond acceptors (Lipinski definition) is 11. The summed E-state index contributed by atoms with van der Waals surface area (Å²) in [6.45, 7) is 19.3. The fourth-order valence-electron chi connectivity index (χ4n) is 3.34. The van der Waals surface area contributed by atoms with Crippen molar-refractivity contribution in [1.82, 2.24) is 15.1 Å². The number of nitrogens with two attached hydrogens (primary N) is 1. The predicted molar refractivity (Wildman–Crippen MR) is 147 cm³/mol. The minimum Gasteiger partial charge on any atom is -0.463 e. The molecule has 1 heterocycles. The summed E-state index contributed by atoms with van der Waals surface area (Å²) in [5, 5.41) is 2.80. The van der Waals surface area contributed by atoms with Crippen molar-refractivity contribution in [2.75, 3.05) is 23.5 Å². The predicted octanol–water partition coefficient (Wildman–Crippen LogP) is 3.94. The van der Waals surface area contributed by atoms with Crippen molar-refractivity contribution in [3.63, 3.8) is 0 Å². The molecule has 0 aromatic carbocycles. The molecule has 0 radical (unpaired) electrons. The van der Waals surface area contributed by atoms with Gasteiger partial charge in [-0.3, -0.25) is 14.2 Å². The van der Waals surface area contributed by atoms with Gasteiger partial charge in [-0.1, -0.05) is 6.58 Å². The number of nitrogens with zero attached hydrogens (tertiary/aromatic N) is 3. The minimum absolute atomic E-state index is 0.130. The van der Waals surface area contributed by atoms with Gasteiger partial charge >= 0.3 is 11.9 Å². The van der Waals surface area contributed by atoms with Crippen LogP contribution in [0.2, 0.25) is 0 Å². The van der Waals surface area contributed by atoms with Crippen LogP contribution in [0.1, 0.15) is 67.4 Å². The van der Waals surface area contributed by atoms with Crippen molar-refractivity contribution in [2.24, 2.45) is 0 Å². The highest BCUT2D eigenvalue weighted by Crippen LogP contribution is 2.47. The molecular weight excluding hydrogens is 513 g/mol. The number of nitrogen functional groups attached to an aromatic ring is 1. The molecule has 1 rings (SSSR count). The third-order valence-electron chi connectivity index (χ3n) is 5.05. The van der Waals surface area contributed by atoms with Crippen LogP contribution in [0, 0.1) is 6.92 Å².